The summed E-state index contributed by atoms with van der Waals surface area (Å²) in [5, 5.41) is 19.2. The first-order valence-corrected chi connectivity index (χ1v) is 10.6. The number of halogens is 2. The van der Waals surface area contributed by atoms with E-state index >= 15 is 0 Å². The largest absolute Gasteiger partial charge is 0.393 e. The van der Waals surface area contributed by atoms with E-state index in [9.17, 15) is 13.9 Å². The number of hydrogen-bond donors (Lipinski definition) is 2. The molecule has 4 aliphatic rings. The molecular weight excluding hydrogens is 334 g/mol. The number of fused-ring (bicyclic) bond motifs is 5. The monoisotopic (exact) mass is 368 g/mol. The van der Waals surface area contributed by atoms with Crippen LogP contribution in [0.25, 0.3) is 0 Å². The molecular formula is C22H34F2O2. The molecule has 8 atom stereocenters. The molecule has 2 nitrogen and oxygen atoms in total. The van der Waals surface area contributed by atoms with Crippen LogP contribution in [0.3, 0.4) is 0 Å². The fourth-order valence-corrected chi connectivity index (χ4v) is 7.55. The normalized spacial score (nSPS) is 46.8. The van der Waals surface area contributed by atoms with Crippen molar-refractivity contribution in [3.05, 3.63) is 11.6 Å². The lowest BCUT2D eigenvalue weighted by atomic mass is 9.51. The van der Waals surface area contributed by atoms with Crippen LogP contribution < -0.4 is 0 Å². The summed E-state index contributed by atoms with van der Waals surface area (Å²) in [4.78, 5) is 0. The number of aliphatic hydroxyl groups is 2. The van der Waals surface area contributed by atoms with Gasteiger partial charge < -0.3 is 10.2 Å². The van der Waals surface area contributed by atoms with Gasteiger partial charge in [0.1, 0.15) is 6.61 Å². The van der Waals surface area contributed by atoms with Crippen LogP contribution >= 0.6 is 0 Å². The van der Waals surface area contributed by atoms with Crippen molar-refractivity contribution in [2.45, 2.75) is 77.2 Å². The Morgan fingerprint density at radius 1 is 1.19 bits per heavy atom. The Hall–Kier alpha value is -0.480. The maximum Gasteiger partial charge on any atom is 0.273 e. The van der Waals surface area contributed by atoms with Gasteiger partial charge in [0.2, 0.25) is 0 Å². The van der Waals surface area contributed by atoms with Crippen LogP contribution in [0.15, 0.2) is 11.6 Å². The van der Waals surface area contributed by atoms with Crippen LogP contribution in [0, 0.1) is 40.9 Å². The van der Waals surface area contributed by atoms with Gasteiger partial charge in [0.05, 0.1) is 6.10 Å². The van der Waals surface area contributed by atoms with Crippen LogP contribution in [0.5, 0.6) is 0 Å². The second-order valence-corrected chi connectivity index (χ2v) is 9.93. The summed E-state index contributed by atoms with van der Waals surface area (Å²) in [6.07, 6.45) is 10.3. The van der Waals surface area contributed by atoms with E-state index in [4.69, 9.17) is 5.11 Å². The minimum atomic E-state index is -2.97. The third-order valence-corrected chi connectivity index (χ3v) is 8.97. The van der Waals surface area contributed by atoms with Crippen molar-refractivity contribution in [3.63, 3.8) is 0 Å². The highest BCUT2D eigenvalue weighted by Gasteiger charge is 2.59. The number of alkyl halides is 2. The fraction of sp³-hybridized carbons (Fsp3) is 0.909. The fourth-order valence-electron chi connectivity index (χ4n) is 7.55. The van der Waals surface area contributed by atoms with E-state index in [1.165, 1.54) is 5.57 Å². The molecule has 4 heteroatoms. The molecule has 4 rings (SSSR count). The minimum absolute atomic E-state index is 0.00848. The van der Waals surface area contributed by atoms with Crippen LogP contribution in [-0.4, -0.2) is 28.8 Å². The highest BCUT2D eigenvalue weighted by atomic mass is 19.3. The van der Waals surface area contributed by atoms with Crippen LogP contribution in [0.1, 0.15) is 65.2 Å². The summed E-state index contributed by atoms with van der Waals surface area (Å²) in [6, 6.07) is 0. The first-order valence-electron chi connectivity index (χ1n) is 10.6. The Morgan fingerprint density at radius 3 is 2.69 bits per heavy atom. The molecule has 0 spiro atoms. The second kappa shape index (κ2) is 6.55. The van der Waals surface area contributed by atoms with Gasteiger partial charge >= 0.3 is 0 Å². The minimum Gasteiger partial charge on any atom is -0.393 e. The molecule has 0 aromatic carbocycles. The second-order valence-electron chi connectivity index (χ2n) is 9.93. The third kappa shape index (κ3) is 2.78. The summed E-state index contributed by atoms with van der Waals surface area (Å²) >= 11 is 0. The maximum absolute atomic E-state index is 14.2. The van der Waals surface area contributed by atoms with Gasteiger partial charge in [-0.25, -0.2) is 8.78 Å². The first kappa shape index (κ1) is 18.9. The van der Waals surface area contributed by atoms with Crippen LogP contribution in [0.2, 0.25) is 0 Å². The van der Waals surface area contributed by atoms with Crippen LogP contribution in [-0.2, 0) is 0 Å². The molecule has 3 saturated carbocycles. The van der Waals surface area contributed by atoms with Crippen molar-refractivity contribution in [1.82, 2.24) is 0 Å². The molecule has 26 heavy (non-hydrogen) atoms. The molecule has 148 valence electrons. The van der Waals surface area contributed by atoms with Crippen LogP contribution in [0.4, 0.5) is 8.78 Å². The number of allylic oxidation sites excluding steroid dienone is 1. The quantitative estimate of drug-likeness (QED) is 0.703. The van der Waals surface area contributed by atoms with Gasteiger partial charge in [-0.1, -0.05) is 25.5 Å². The highest BCUT2D eigenvalue weighted by molar-refractivity contribution is 5.20. The van der Waals surface area contributed by atoms with E-state index in [0.717, 1.165) is 51.4 Å². The number of hydrogen-bond acceptors (Lipinski definition) is 2. The lowest BCUT2D eigenvalue weighted by Gasteiger charge is -2.54. The van der Waals surface area contributed by atoms with E-state index in [0.29, 0.717) is 23.7 Å². The molecule has 0 aromatic heterocycles. The number of rotatable bonds is 3. The molecule has 3 fully saturated rings. The summed E-state index contributed by atoms with van der Waals surface area (Å²) in [5.41, 5.74) is 1.46. The van der Waals surface area contributed by atoms with Gasteiger partial charge in [0.25, 0.3) is 5.92 Å². The van der Waals surface area contributed by atoms with Gasteiger partial charge in [-0.05, 0) is 86.4 Å². The zero-order chi connectivity index (χ0) is 18.7. The van der Waals surface area contributed by atoms with E-state index < -0.39 is 18.4 Å². The summed E-state index contributed by atoms with van der Waals surface area (Å²) in [7, 11) is 0. The SMILES string of the molecule is CC(C1CCC2C3CC=C4CC(O)CCC4C3CCC21C)C(F)(F)CO. The predicted octanol–water partition coefficient (Wildman–Crippen LogP) is 4.80. The molecule has 0 bridgehead atoms. The average Bonchev–Trinajstić information content (AvgIpc) is 2.97. The lowest BCUT2D eigenvalue weighted by Crippen LogP contribution is -2.49. The van der Waals surface area contributed by atoms with E-state index in [1.807, 2.05) is 0 Å². The molecule has 0 saturated heterocycles. The Bertz CT molecular complexity index is 574. The number of aliphatic hydroxyl groups excluding tert-OH is 2. The lowest BCUT2D eigenvalue weighted by molar-refractivity contribution is -0.133. The summed E-state index contributed by atoms with van der Waals surface area (Å²) < 4.78 is 28.5. The van der Waals surface area contributed by atoms with Crippen molar-refractivity contribution in [3.8, 4) is 0 Å². The summed E-state index contributed by atoms with van der Waals surface area (Å²) in [6.45, 7) is 2.88. The molecule has 0 heterocycles. The van der Waals surface area contributed by atoms with Crippen molar-refractivity contribution in [2.24, 2.45) is 40.9 Å². The zero-order valence-electron chi connectivity index (χ0n) is 16.1. The maximum atomic E-state index is 14.2. The molecule has 0 amide bonds. The van der Waals surface area contributed by atoms with E-state index in [1.54, 1.807) is 6.92 Å². The Morgan fingerprint density at radius 2 is 1.96 bits per heavy atom. The smallest absolute Gasteiger partial charge is 0.273 e. The topological polar surface area (TPSA) is 40.5 Å². The molecule has 2 N–H and O–H groups in total. The van der Waals surface area contributed by atoms with Gasteiger partial charge in [-0.2, -0.15) is 0 Å². The van der Waals surface area contributed by atoms with Gasteiger partial charge in [-0.3, -0.25) is 0 Å². The Balaban J connectivity index is 1.57. The van der Waals surface area contributed by atoms with E-state index in [-0.39, 0.29) is 17.4 Å². The highest BCUT2D eigenvalue weighted by Crippen LogP contribution is 2.65. The molecule has 8 unspecified atom stereocenters. The standard InChI is InChI=1S/C22H34F2O2/c1-13(22(23,24)12-25)19-7-8-20-18-5-3-14-11-15(26)4-6-16(14)17(18)9-10-21(19,20)2/h3,13,15-20,25-26H,4-12H2,1-2H3. The van der Waals surface area contributed by atoms with Crippen molar-refractivity contribution < 1.29 is 19.0 Å². The van der Waals surface area contributed by atoms with Gasteiger partial charge in [0, 0.05) is 5.92 Å². The third-order valence-electron chi connectivity index (χ3n) is 8.97. The van der Waals surface area contributed by atoms with Gasteiger partial charge in [-0.15, -0.1) is 0 Å². The van der Waals surface area contributed by atoms with Crippen molar-refractivity contribution >= 4 is 0 Å². The predicted molar refractivity (Wildman–Crippen MR) is 97.8 cm³/mol. The molecule has 4 aliphatic carbocycles. The van der Waals surface area contributed by atoms with Gasteiger partial charge in [0.15, 0.2) is 0 Å². The van der Waals surface area contributed by atoms with E-state index in [2.05, 4.69) is 13.0 Å². The molecule has 0 radical (unpaired) electrons. The zero-order valence-corrected chi connectivity index (χ0v) is 16.1. The summed E-state index contributed by atoms with van der Waals surface area (Å²) in [5.74, 6) is -1.25. The Labute approximate surface area is 156 Å². The van der Waals surface area contributed by atoms with Crippen molar-refractivity contribution in [2.75, 3.05) is 6.61 Å². The Kier molecular flexibility index (Phi) is 4.75. The first-order chi connectivity index (χ1) is 12.3. The van der Waals surface area contributed by atoms with Crippen molar-refractivity contribution in [1.29, 1.82) is 0 Å². The average molecular weight is 369 g/mol. The molecule has 0 aliphatic heterocycles. The molecule has 0 aromatic rings.